The third-order valence-corrected chi connectivity index (χ3v) is 4.87. The number of benzene rings is 1. The van der Waals surface area contributed by atoms with E-state index in [0.29, 0.717) is 31.1 Å². The second-order valence-corrected chi connectivity index (χ2v) is 6.06. The van der Waals surface area contributed by atoms with Crippen molar-refractivity contribution in [3.05, 3.63) is 34.3 Å². The van der Waals surface area contributed by atoms with Gasteiger partial charge in [0, 0.05) is 11.6 Å². The molecule has 1 spiro atoms. The maximum atomic E-state index is 12.7. The van der Waals surface area contributed by atoms with Crippen LogP contribution in [0.5, 0.6) is 0 Å². The van der Waals surface area contributed by atoms with Crippen molar-refractivity contribution in [1.82, 2.24) is 5.32 Å². The van der Waals surface area contributed by atoms with Crippen molar-refractivity contribution in [2.45, 2.75) is 30.7 Å². The van der Waals surface area contributed by atoms with Gasteiger partial charge in [-0.25, -0.2) is 0 Å². The van der Waals surface area contributed by atoms with Gasteiger partial charge in [-0.15, -0.1) is 0 Å². The molecule has 2 N–H and O–H groups in total. The lowest BCUT2D eigenvalue weighted by molar-refractivity contribution is -0.143. The van der Waals surface area contributed by atoms with Crippen LogP contribution < -0.4 is 5.32 Å². The number of carbonyl (C=O) groups excluding carboxylic acids is 1. The summed E-state index contributed by atoms with van der Waals surface area (Å²) in [4.78, 5) is 12.7. The lowest BCUT2D eigenvalue weighted by Crippen LogP contribution is -2.67. The van der Waals surface area contributed by atoms with E-state index in [2.05, 4.69) is 5.32 Å². The van der Waals surface area contributed by atoms with Crippen molar-refractivity contribution in [3.63, 3.8) is 0 Å². The Labute approximate surface area is 123 Å². The van der Waals surface area contributed by atoms with Gasteiger partial charge in [-0.3, -0.25) is 4.79 Å². The number of amides is 1. The summed E-state index contributed by atoms with van der Waals surface area (Å²) in [5.41, 5.74) is 0.901. The van der Waals surface area contributed by atoms with Gasteiger partial charge in [-0.1, -0.05) is 24.6 Å². The molecule has 2 aliphatic heterocycles. The van der Waals surface area contributed by atoms with Crippen LogP contribution in [0.1, 0.15) is 30.9 Å². The van der Waals surface area contributed by atoms with E-state index in [-0.39, 0.29) is 12.5 Å². The first-order valence-electron chi connectivity index (χ1n) is 6.90. The molecule has 1 fully saturated rings. The van der Waals surface area contributed by atoms with Gasteiger partial charge in [0.25, 0.3) is 0 Å². The van der Waals surface area contributed by atoms with Crippen LogP contribution in [-0.2, 0) is 20.5 Å². The van der Waals surface area contributed by atoms with Crippen LogP contribution in [0.15, 0.2) is 18.2 Å². The molecule has 1 saturated heterocycles. The van der Waals surface area contributed by atoms with Crippen LogP contribution in [0.2, 0.25) is 5.02 Å². The van der Waals surface area contributed by atoms with Crippen LogP contribution in [0, 0.1) is 0 Å². The second-order valence-electron chi connectivity index (χ2n) is 5.63. The minimum atomic E-state index is -0.699. The number of hydrogen-bond acceptors (Lipinski definition) is 3. The Hall–Kier alpha value is -1.10. The summed E-state index contributed by atoms with van der Waals surface area (Å²) in [6.07, 6.45) is 1.03. The molecule has 5 heteroatoms. The number of nitrogens with one attached hydrogen (secondary N) is 1. The lowest BCUT2D eigenvalue weighted by atomic mass is 9.65. The normalized spacial score (nSPS) is 26.9. The van der Waals surface area contributed by atoms with Crippen LogP contribution in [0.25, 0.3) is 0 Å². The fourth-order valence-electron chi connectivity index (χ4n) is 3.36. The fraction of sp³-hybridized carbons (Fsp3) is 0.533. The molecular formula is C15H18ClNO3. The highest BCUT2D eigenvalue weighted by Gasteiger charge is 2.54. The molecule has 20 heavy (non-hydrogen) atoms. The van der Waals surface area contributed by atoms with E-state index in [0.717, 1.165) is 11.1 Å². The molecule has 4 nitrogen and oxygen atoms in total. The van der Waals surface area contributed by atoms with Gasteiger partial charge in [0.2, 0.25) is 5.91 Å². The Balaban J connectivity index is 2.21. The summed E-state index contributed by atoms with van der Waals surface area (Å²) in [7, 11) is 0. The van der Waals surface area contributed by atoms with E-state index in [4.69, 9.17) is 16.3 Å². The summed E-state index contributed by atoms with van der Waals surface area (Å²) in [5, 5.41) is 13.1. The molecule has 0 saturated carbocycles. The van der Waals surface area contributed by atoms with Crippen molar-refractivity contribution in [2.75, 3.05) is 19.8 Å². The third kappa shape index (κ3) is 1.72. The standard InChI is InChI=1S/C15H18ClNO3/c1-2-14(5-6-18)12-7-10(16)3-4-11(12)15(8-20-9-15)17-13(14)19/h3-4,7,18H,2,5-6,8-9H2,1H3,(H,17,19). The zero-order valence-corrected chi connectivity index (χ0v) is 12.2. The lowest BCUT2D eigenvalue weighted by Gasteiger charge is -2.51. The molecule has 1 atom stereocenters. The smallest absolute Gasteiger partial charge is 0.231 e. The maximum Gasteiger partial charge on any atom is 0.231 e. The average Bonchev–Trinajstić information content (AvgIpc) is 2.40. The summed E-state index contributed by atoms with van der Waals surface area (Å²) in [6.45, 7) is 2.92. The predicted octanol–water partition coefficient (Wildman–Crippen LogP) is 1.73. The van der Waals surface area contributed by atoms with E-state index < -0.39 is 11.0 Å². The first-order chi connectivity index (χ1) is 9.58. The van der Waals surface area contributed by atoms with Crippen LogP contribution in [0.3, 0.4) is 0 Å². The van der Waals surface area contributed by atoms with Crippen molar-refractivity contribution in [1.29, 1.82) is 0 Å². The van der Waals surface area contributed by atoms with Crippen LogP contribution in [0.4, 0.5) is 0 Å². The molecule has 0 aromatic heterocycles. The van der Waals surface area contributed by atoms with Crippen molar-refractivity contribution < 1.29 is 14.6 Å². The Morgan fingerprint density at radius 2 is 2.15 bits per heavy atom. The minimum Gasteiger partial charge on any atom is -0.396 e. The van der Waals surface area contributed by atoms with Crippen molar-refractivity contribution >= 4 is 17.5 Å². The molecule has 0 bridgehead atoms. The molecule has 1 amide bonds. The Bertz CT molecular complexity index is 556. The number of ether oxygens (including phenoxy) is 1. The van der Waals surface area contributed by atoms with Gasteiger partial charge in [-0.2, -0.15) is 0 Å². The number of aliphatic hydroxyl groups is 1. The van der Waals surface area contributed by atoms with E-state index >= 15 is 0 Å². The highest BCUT2D eigenvalue weighted by Crippen LogP contribution is 2.46. The fourth-order valence-corrected chi connectivity index (χ4v) is 3.53. The van der Waals surface area contributed by atoms with E-state index in [1.54, 1.807) is 0 Å². The summed E-state index contributed by atoms with van der Waals surface area (Å²) in [5.74, 6) is -0.0351. The molecular weight excluding hydrogens is 278 g/mol. The quantitative estimate of drug-likeness (QED) is 0.893. The van der Waals surface area contributed by atoms with Crippen LogP contribution in [-0.4, -0.2) is 30.8 Å². The first kappa shape index (κ1) is 13.9. The number of carbonyl (C=O) groups is 1. The molecule has 1 unspecified atom stereocenters. The van der Waals surface area contributed by atoms with Gasteiger partial charge >= 0.3 is 0 Å². The van der Waals surface area contributed by atoms with Crippen molar-refractivity contribution in [2.24, 2.45) is 0 Å². The molecule has 0 radical (unpaired) electrons. The van der Waals surface area contributed by atoms with Gasteiger partial charge in [-0.05, 0) is 36.1 Å². The highest BCUT2D eigenvalue weighted by molar-refractivity contribution is 6.30. The predicted molar refractivity (Wildman–Crippen MR) is 75.8 cm³/mol. The topological polar surface area (TPSA) is 58.6 Å². The zero-order chi connectivity index (χ0) is 14.4. The van der Waals surface area contributed by atoms with Gasteiger partial charge in [0.1, 0.15) is 5.54 Å². The average molecular weight is 296 g/mol. The molecule has 1 aromatic carbocycles. The van der Waals surface area contributed by atoms with E-state index in [1.165, 1.54) is 0 Å². The molecule has 108 valence electrons. The zero-order valence-electron chi connectivity index (χ0n) is 11.4. The SMILES string of the molecule is CCC1(CCO)C(=O)NC2(COC2)c2ccc(Cl)cc21. The van der Waals surface area contributed by atoms with Gasteiger partial charge in [0.05, 0.1) is 18.6 Å². The number of aliphatic hydroxyl groups excluding tert-OH is 1. The molecule has 2 aliphatic rings. The van der Waals surface area contributed by atoms with E-state index in [1.807, 2.05) is 25.1 Å². The summed E-state index contributed by atoms with van der Waals surface area (Å²) >= 11 is 6.14. The number of rotatable bonds is 3. The minimum absolute atomic E-state index is 0.0310. The Morgan fingerprint density at radius 1 is 1.40 bits per heavy atom. The van der Waals surface area contributed by atoms with Crippen LogP contribution >= 0.6 is 11.6 Å². The van der Waals surface area contributed by atoms with E-state index in [9.17, 15) is 9.90 Å². The molecule has 1 aromatic rings. The second kappa shape index (κ2) is 4.72. The highest BCUT2D eigenvalue weighted by atomic mass is 35.5. The Kier molecular flexibility index (Phi) is 3.27. The maximum absolute atomic E-state index is 12.7. The summed E-state index contributed by atoms with van der Waals surface area (Å²) < 4.78 is 5.32. The first-order valence-corrected chi connectivity index (χ1v) is 7.27. The molecule has 0 aliphatic carbocycles. The number of halogens is 1. The monoisotopic (exact) mass is 295 g/mol. The molecule has 3 rings (SSSR count). The third-order valence-electron chi connectivity index (χ3n) is 4.64. The van der Waals surface area contributed by atoms with Gasteiger partial charge < -0.3 is 15.2 Å². The van der Waals surface area contributed by atoms with Crippen molar-refractivity contribution in [3.8, 4) is 0 Å². The number of hydrogen-bond donors (Lipinski definition) is 2. The Morgan fingerprint density at radius 3 is 2.70 bits per heavy atom. The molecule has 2 heterocycles. The van der Waals surface area contributed by atoms with Gasteiger partial charge in [0.15, 0.2) is 0 Å². The number of fused-ring (bicyclic) bond motifs is 2. The largest absolute Gasteiger partial charge is 0.396 e. The summed E-state index contributed by atoms with van der Waals surface area (Å²) in [6, 6.07) is 5.69.